The van der Waals surface area contributed by atoms with E-state index in [1.54, 1.807) is 0 Å². The van der Waals surface area contributed by atoms with E-state index in [0.717, 1.165) is 24.6 Å². The van der Waals surface area contributed by atoms with Crippen LogP contribution in [0.2, 0.25) is 0 Å². The summed E-state index contributed by atoms with van der Waals surface area (Å²) in [5.74, 6) is 1.19. The van der Waals surface area contributed by atoms with Gasteiger partial charge in [0, 0.05) is 12.1 Å². The normalized spacial score (nSPS) is 23.6. The van der Waals surface area contributed by atoms with E-state index >= 15 is 0 Å². The van der Waals surface area contributed by atoms with Crippen molar-refractivity contribution in [3.8, 4) is 0 Å². The van der Waals surface area contributed by atoms with Crippen molar-refractivity contribution in [2.75, 3.05) is 0 Å². The molecule has 0 bridgehead atoms. The Balaban J connectivity index is 2.28. The highest BCUT2D eigenvalue weighted by molar-refractivity contribution is 5.88. The Hall–Kier alpha value is -1.45. The summed E-state index contributed by atoms with van der Waals surface area (Å²) in [5, 5.41) is 9.17. The largest absolute Gasteiger partial charge is 0.478 e. The lowest BCUT2D eigenvalue weighted by molar-refractivity contribution is 0.0694. The van der Waals surface area contributed by atoms with Crippen LogP contribution in [0.25, 0.3) is 0 Å². The minimum Gasteiger partial charge on any atom is -0.478 e. The molecular weight excluding hydrogens is 240 g/mol. The topological polar surface area (TPSA) is 63.1 Å². The monoisotopic (exact) mass is 262 g/mol. The van der Waals surface area contributed by atoms with Crippen LogP contribution in [0.15, 0.2) is 6.20 Å². The highest BCUT2D eigenvalue weighted by Crippen LogP contribution is 2.34. The Kier molecular flexibility index (Phi) is 4.17. The zero-order valence-corrected chi connectivity index (χ0v) is 11.9. The number of aromatic carboxylic acids is 1. The van der Waals surface area contributed by atoms with E-state index in [0.29, 0.717) is 11.6 Å². The molecule has 1 fully saturated rings. The van der Waals surface area contributed by atoms with Crippen molar-refractivity contribution in [1.29, 1.82) is 0 Å². The molecule has 0 amide bonds. The predicted octanol–water partition coefficient (Wildman–Crippen LogP) is 3.59. The number of nitrogens with zero attached hydrogens (tertiary/aromatic N) is 2. The molecule has 1 heterocycles. The van der Waals surface area contributed by atoms with Crippen LogP contribution in [0.4, 0.5) is 0 Å². The lowest BCUT2D eigenvalue weighted by atomic mass is 9.82. The van der Waals surface area contributed by atoms with Crippen LogP contribution in [-0.2, 0) is 0 Å². The maximum Gasteiger partial charge on any atom is 0.339 e. The quantitative estimate of drug-likeness (QED) is 0.904. The van der Waals surface area contributed by atoms with E-state index in [4.69, 9.17) is 0 Å². The van der Waals surface area contributed by atoms with Gasteiger partial charge in [-0.2, -0.15) is 0 Å². The van der Waals surface area contributed by atoms with E-state index in [9.17, 15) is 9.90 Å². The average Bonchev–Trinajstić information content (AvgIpc) is 2.38. The highest BCUT2D eigenvalue weighted by Gasteiger charge is 2.24. The van der Waals surface area contributed by atoms with Crippen molar-refractivity contribution >= 4 is 5.97 Å². The summed E-state index contributed by atoms with van der Waals surface area (Å²) in [5.41, 5.74) is 0.902. The standard InChI is InChI=1S/C15H22N2O2/c1-9(2)13-12(15(18)19)8-16-14(17-13)11-6-4-10(3)5-7-11/h8-11H,4-7H2,1-3H3,(H,18,19). The molecule has 19 heavy (non-hydrogen) atoms. The molecule has 0 aromatic carbocycles. The van der Waals surface area contributed by atoms with Gasteiger partial charge in [0.2, 0.25) is 0 Å². The smallest absolute Gasteiger partial charge is 0.339 e. The third kappa shape index (κ3) is 3.11. The van der Waals surface area contributed by atoms with E-state index < -0.39 is 5.97 Å². The first-order valence-electron chi connectivity index (χ1n) is 7.09. The lowest BCUT2D eigenvalue weighted by Gasteiger charge is -2.25. The van der Waals surface area contributed by atoms with Crippen molar-refractivity contribution < 1.29 is 9.90 Å². The summed E-state index contributed by atoms with van der Waals surface area (Å²) in [4.78, 5) is 20.0. The first-order chi connectivity index (χ1) is 8.99. The zero-order valence-electron chi connectivity index (χ0n) is 11.9. The van der Waals surface area contributed by atoms with E-state index in [-0.39, 0.29) is 11.5 Å². The molecule has 1 aromatic rings. The average molecular weight is 262 g/mol. The van der Waals surface area contributed by atoms with Gasteiger partial charge in [0.25, 0.3) is 0 Å². The molecule has 0 aliphatic heterocycles. The molecule has 1 saturated carbocycles. The van der Waals surface area contributed by atoms with Crippen molar-refractivity contribution in [2.24, 2.45) is 5.92 Å². The summed E-state index contributed by atoms with van der Waals surface area (Å²) in [6, 6.07) is 0. The van der Waals surface area contributed by atoms with Crippen LogP contribution in [0.1, 0.15) is 80.2 Å². The van der Waals surface area contributed by atoms with Gasteiger partial charge in [-0.25, -0.2) is 14.8 Å². The number of hydrogen-bond acceptors (Lipinski definition) is 3. The molecule has 104 valence electrons. The minimum atomic E-state index is -0.937. The predicted molar refractivity (Wildman–Crippen MR) is 73.5 cm³/mol. The lowest BCUT2D eigenvalue weighted by Crippen LogP contribution is -2.16. The molecule has 1 aliphatic carbocycles. The molecule has 1 N–H and O–H groups in total. The molecule has 0 unspecified atom stereocenters. The maximum absolute atomic E-state index is 11.2. The second kappa shape index (κ2) is 5.68. The number of rotatable bonds is 3. The van der Waals surface area contributed by atoms with Gasteiger partial charge in [-0.1, -0.05) is 33.6 Å². The summed E-state index contributed by atoms with van der Waals surface area (Å²) in [6.07, 6.45) is 6.14. The zero-order chi connectivity index (χ0) is 14.0. The minimum absolute atomic E-state index is 0.107. The van der Waals surface area contributed by atoms with Crippen LogP contribution >= 0.6 is 0 Å². The summed E-state index contributed by atoms with van der Waals surface area (Å²) >= 11 is 0. The van der Waals surface area contributed by atoms with Crippen molar-refractivity contribution in [3.05, 3.63) is 23.3 Å². The number of aromatic nitrogens is 2. The van der Waals surface area contributed by atoms with Gasteiger partial charge >= 0.3 is 5.97 Å². The van der Waals surface area contributed by atoms with E-state index in [2.05, 4.69) is 16.9 Å². The molecule has 1 aromatic heterocycles. The van der Waals surface area contributed by atoms with E-state index in [1.165, 1.54) is 19.0 Å². The highest BCUT2D eigenvalue weighted by atomic mass is 16.4. The van der Waals surface area contributed by atoms with Crippen molar-refractivity contribution in [1.82, 2.24) is 9.97 Å². The molecule has 0 spiro atoms. The Labute approximate surface area is 114 Å². The summed E-state index contributed by atoms with van der Waals surface area (Å²) in [7, 11) is 0. The van der Waals surface area contributed by atoms with Crippen LogP contribution in [-0.4, -0.2) is 21.0 Å². The van der Waals surface area contributed by atoms with Crippen LogP contribution in [0, 0.1) is 5.92 Å². The first kappa shape index (κ1) is 14.0. The SMILES string of the molecule is CC1CCC(c2ncc(C(=O)O)c(C(C)C)n2)CC1. The fourth-order valence-corrected chi connectivity index (χ4v) is 2.73. The van der Waals surface area contributed by atoms with Crippen LogP contribution < -0.4 is 0 Å². The second-order valence-electron chi connectivity index (χ2n) is 5.94. The first-order valence-corrected chi connectivity index (χ1v) is 7.09. The van der Waals surface area contributed by atoms with Crippen LogP contribution in [0.5, 0.6) is 0 Å². The maximum atomic E-state index is 11.2. The van der Waals surface area contributed by atoms with Gasteiger partial charge in [-0.05, 0) is 24.7 Å². The molecular formula is C15H22N2O2. The third-order valence-electron chi connectivity index (χ3n) is 4.00. The van der Waals surface area contributed by atoms with Gasteiger partial charge in [-0.3, -0.25) is 0 Å². The number of carboxylic acid groups (broad SMARTS) is 1. The number of hydrogen-bond donors (Lipinski definition) is 1. The molecule has 0 radical (unpaired) electrons. The second-order valence-corrected chi connectivity index (χ2v) is 5.94. The molecule has 1 aliphatic rings. The molecule has 4 nitrogen and oxygen atoms in total. The number of carboxylic acids is 1. The Morgan fingerprint density at radius 2 is 1.95 bits per heavy atom. The van der Waals surface area contributed by atoms with E-state index in [1.807, 2.05) is 13.8 Å². The Morgan fingerprint density at radius 1 is 1.32 bits per heavy atom. The van der Waals surface area contributed by atoms with Gasteiger partial charge in [0.15, 0.2) is 0 Å². The molecule has 0 saturated heterocycles. The van der Waals surface area contributed by atoms with Gasteiger partial charge in [0.05, 0.1) is 11.3 Å². The fourth-order valence-electron chi connectivity index (χ4n) is 2.73. The van der Waals surface area contributed by atoms with Crippen molar-refractivity contribution in [2.45, 2.75) is 58.3 Å². The molecule has 2 rings (SSSR count). The van der Waals surface area contributed by atoms with Gasteiger partial charge in [0.1, 0.15) is 5.82 Å². The van der Waals surface area contributed by atoms with Crippen LogP contribution in [0.3, 0.4) is 0 Å². The van der Waals surface area contributed by atoms with Gasteiger partial charge < -0.3 is 5.11 Å². The van der Waals surface area contributed by atoms with Gasteiger partial charge in [-0.15, -0.1) is 0 Å². The fraction of sp³-hybridized carbons (Fsp3) is 0.667. The molecule has 4 heteroatoms. The Morgan fingerprint density at radius 3 is 2.47 bits per heavy atom. The Bertz CT molecular complexity index is 463. The molecule has 0 atom stereocenters. The van der Waals surface area contributed by atoms with Crippen molar-refractivity contribution in [3.63, 3.8) is 0 Å². The number of carbonyl (C=O) groups is 1. The summed E-state index contributed by atoms with van der Waals surface area (Å²) < 4.78 is 0. The summed E-state index contributed by atoms with van der Waals surface area (Å²) in [6.45, 7) is 6.23. The third-order valence-corrected chi connectivity index (χ3v) is 4.00.